The lowest BCUT2D eigenvalue weighted by Gasteiger charge is -2.11. The highest BCUT2D eigenvalue weighted by molar-refractivity contribution is 7.92. The molecular formula is C26H19FN2O2S. The average molecular weight is 443 g/mol. The van der Waals surface area contributed by atoms with E-state index in [1.54, 1.807) is 24.5 Å². The second-order valence-corrected chi connectivity index (χ2v) is 8.87. The van der Waals surface area contributed by atoms with Crippen molar-refractivity contribution in [3.05, 3.63) is 114 Å². The molecule has 0 aliphatic heterocycles. The van der Waals surface area contributed by atoms with E-state index in [0.717, 1.165) is 16.7 Å². The number of hydrogen-bond donors (Lipinski definition) is 1. The largest absolute Gasteiger partial charge is 0.278 e. The van der Waals surface area contributed by atoms with Crippen LogP contribution in [0.25, 0.3) is 11.1 Å². The van der Waals surface area contributed by atoms with Crippen molar-refractivity contribution in [2.75, 3.05) is 4.72 Å². The van der Waals surface area contributed by atoms with Crippen molar-refractivity contribution in [2.24, 2.45) is 0 Å². The lowest BCUT2D eigenvalue weighted by atomic mass is 10.1. The molecule has 0 spiro atoms. The van der Waals surface area contributed by atoms with Crippen molar-refractivity contribution in [1.82, 2.24) is 4.98 Å². The summed E-state index contributed by atoms with van der Waals surface area (Å²) >= 11 is 0. The molecule has 4 rings (SSSR count). The summed E-state index contributed by atoms with van der Waals surface area (Å²) in [6.07, 6.45) is 3.30. The fourth-order valence-electron chi connectivity index (χ4n) is 3.13. The normalized spacial score (nSPS) is 10.8. The molecule has 0 saturated carbocycles. The molecule has 0 fully saturated rings. The van der Waals surface area contributed by atoms with Gasteiger partial charge in [-0.05, 0) is 60.0 Å². The molecule has 1 heterocycles. The smallest absolute Gasteiger partial charge is 0.261 e. The molecule has 0 bridgehead atoms. The minimum atomic E-state index is -3.89. The summed E-state index contributed by atoms with van der Waals surface area (Å²) in [6, 6.07) is 21.9. The number of hydrogen-bond acceptors (Lipinski definition) is 3. The van der Waals surface area contributed by atoms with E-state index in [1.807, 2.05) is 43.3 Å². The quantitative estimate of drug-likeness (QED) is 0.431. The van der Waals surface area contributed by atoms with Gasteiger partial charge in [0.25, 0.3) is 10.0 Å². The third-order valence-corrected chi connectivity index (χ3v) is 6.10. The first kappa shape index (κ1) is 21.3. The van der Waals surface area contributed by atoms with Gasteiger partial charge in [0.1, 0.15) is 5.82 Å². The summed E-state index contributed by atoms with van der Waals surface area (Å²) in [7, 11) is -3.89. The van der Waals surface area contributed by atoms with Gasteiger partial charge in [-0.25, -0.2) is 12.8 Å². The Morgan fingerprint density at radius 3 is 2.28 bits per heavy atom. The Hall–Kier alpha value is -3.95. The van der Waals surface area contributed by atoms with Gasteiger partial charge in [-0.1, -0.05) is 54.3 Å². The molecule has 0 aliphatic carbocycles. The Balaban J connectivity index is 1.62. The Kier molecular flexibility index (Phi) is 6.02. The van der Waals surface area contributed by atoms with Crippen LogP contribution in [0.3, 0.4) is 0 Å². The van der Waals surface area contributed by atoms with Crippen molar-refractivity contribution in [3.8, 4) is 23.0 Å². The second-order valence-electron chi connectivity index (χ2n) is 7.19. The Labute approximate surface area is 186 Å². The summed E-state index contributed by atoms with van der Waals surface area (Å²) in [5, 5.41) is 0. The highest BCUT2D eigenvalue weighted by Crippen LogP contribution is 2.24. The van der Waals surface area contributed by atoms with Crippen molar-refractivity contribution in [3.63, 3.8) is 0 Å². The standard InChI is InChI=1S/C26H19FN2O2S/c1-19-15-20(18-28-17-19)7-8-23-16-24(27)11-14-26(23)29-32(30,31)25-12-9-22(10-13-25)21-5-3-2-4-6-21/h2-6,9-18,29H,1H3. The topological polar surface area (TPSA) is 59.1 Å². The van der Waals surface area contributed by atoms with Gasteiger partial charge in [0, 0.05) is 18.0 Å². The molecule has 0 aliphatic rings. The molecule has 0 amide bonds. The molecule has 1 N–H and O–H groups in total. The highest BCUT2D eigenvalue weighted by Gasteiger charge is 2.16. The third-order valence-electron chi connectivity index (χ3n) is 4.71. The molecule has 4 nitrogen and oxygen atoms in total. The molecule has 1 aromatic heterocycles. The van der Waals surface area contributed by atoms with Crippen molar-refractivity contribution in [2.45, 2.75) is 11.8 Å². The molecule has 3 aromatic carbocycles. The maximum Gasteiger partial charge on any atom is 0.261 e. The fourth-order valence-corrected chi connectivity index (χ4v) is 4.21. The second kappa shape index (κ2) is 9.04. The van der Waals surface area contributed by atoms with Crippen LogP contribution in [0.1, 0.15) is 16.7 Å². The van der Waals surface area contributed by atoms with Crippen LogP contribution >= 0.6 is 0 Å². The Morgan fingerprint density at radius 1 is 0.844 bits per heavy atom. The minimum Gasteiger partial charge on any atom is -0.278 e. The number of benzene rings is 3. The number of nitrogens with one attached hydrogen (secondary N) is 1. The molecular weight excluding hydrogens is 423 g/mol. The van der Waals surface area contributed by atoms with Crippen LogP contribution in [-0.2, 0) is 10.0 Å². The first-order valence-corrected chi connectivity index (χ1v) is 11.3. The van der Waals surface area contributed by atoms with Gasteiger partial charge < -0.3 is 0 Å². The first-order valence-electron chi connectivity index (χ1n) is 9.82. The number of anilines is 1. The molecule has 158 valence electrons. The van der Waals surface area contributed by atoms with E-state index in [4.69, 9.17) is 0 Å². The van der Waals surface area contributed by atoms with Crippen LogP contribution in [0.5, 0.6) is 0 Å². The lowest BCUT2D eigenvalue weighted by molar-refractivity contribution is 0.601. The number of rotatable bonds is 4. The highest BCUT2D eigenvalue weighted by atomic mass is 32.2. The molecule has 0 atom stereocenters. The van der Waals surface area contributed by atoms with E-state index in [-0.39, 0.29) is 16.1 Å². The van der Waals surface area contributed by atoms with E-state index in [9.17, 15) is 12.8 Å². The molecule has 0 unspecified atom stereocenters. The maximum atomic E-state index is 13.8. The number of aromatic nitrogens is 1. The van der Waals surface area contributed by atoms with E-state index >= 15 is 0 Å². The van der Waals surface area contributed by atoms with Crippen LogP contribution in [0, 0.1) is 24.6 Å². The molecule has 0 radical (unpaired) electrons. The zero-order valence-electron chi connectivity index (χ0n) is 17.2. The SMILES string of the molecule is Cc1cncc(C#Cc2cc(F)ccc2NS(=O)(=O)c2ccc(-c3ccccc3)cc2)c1. The zero-order chi connectivity index (χ0) is 22.6. The van der Waals surface area contributed by atoms with Crippen LogP contribution in [0.15, 0.2) is 96.2 Å². The van der Waals surface area contributed by atoms with E-state index in [0.29, 0.717) is 5.56 Å². The minimum absolute atomic E-state index is 0.100. The summed E-state index contributed by atoms with van der Waals surface area (Å²) in [5.74, 6) is 5.24. The number of nitrogens with zero attached hydrogens (tertiary/aromatic N) is 1. The first-order chi connectivity index (χ1) is 15.4. The number of aryl methyl sites for hydroxylation is 1. The zero-order valence-corrected chi connectivity index (χ0v) is 18.0. The number of pyridine rings is 1. The maximum absolute atomic E-state index is 13.8. The van der Waals surface area contributed by atoms with Crippen molar-refractivity contribution < 1.29 is 12.8 Å². The summed E-state index contributed by atoms with van der Waals surface area (Å²) in [4.78, 5) is 4.18. The molecule has 6 heteroatoms. The molecule has 0 saturated heterocycles. The van der Waals surface area contributed by atoms with Gasteiger partial charge in [-0.15, -0.1) is 0 Å². The van der Waals surface area contributed by atoms with Crippen molar-refractivity contribution >= 4 is 15.7 Å². The Morgan fingerprint density at radius 2 is 1.56 bits per heavy atom. The average Bonchev–Trinajstić information content (AvgIpc) is 2.80. The van der Waals surface area contributed by atoms with Gasteiger partial charge >= 0.3 is 0 Å². The molecule has 4 aromatic rings. The van der Waals surface area contributed by atoms with Gasteiger partial charge in [0.05, 0.1) is 16.1 Å². The third kappa shape index (κ3) is 5.02. The van der Waals surface area contributed by atoms with Crippen LogP contribution in [0.2, 0.25) is 0 Å². The van der Waals surface area contributed by atoms with Gasteiger partial charge in [-0.2, -0.15) is 0 Å². The van der Waals surface area contributed by atoms with Crippen LogP contribution < -0.4 is 4.72 Å². The monoisotopic (exact) mass is 442 g/mol. The van der Waals surface area contributed by atoms with E-state index < -0.39 is 15.8 Å². The predicted molar refractivity (Wildman–Crippen MR) is 124 cm³/mol. The predicted octanol–water partition coefficient (Wildman–Crippen LogP) is 5.40. The number of sulfonamides is 1. The number of halogens is 1. The van der Waals surface area contributed by atoms with E-state index in [1.165, 1.54) is 30.3 Å². The van der Waals surface area contributed by atoms with E-state index in [2.05, 4.69) is 21.5 Å². The van der Waals surface area contributed by atoms with Gasteiger partial charge in [0.2, 0.25) is 0 Å². The summed E-state index contributed by atoms with van der Waals surface area (Å²) < 4.78 is 42.3. The fraction of sp³-hybridized carbons (Fsp3) is 0.0385. The van der Waals surface area contributed by atoms with Crippen LogP contribution in [0.4, 0.5) is 10.1 Å². The van der Waals surface area contributed by atoms with Gasteiger partial charge in [0.15, 0.2) is 0 Å². The van der Waals surface area contributed by atoms with Crippen molar-refractivity contribution in [1.29, 1.82) is 0 Å². The molecule has 32 heavy (non-hydrogen) atoms. The lowest BCUT2D eigenvalue weighted by Crippen LogP contribution is -2.14. The van der Waals surface area contributed by atoms with Crippen LogP contribution in [-0.4, -0.2) is 13.4 Å². The Bertz CT molecular complexity index is 1420. The summed E-state index contributed by atoms with van der Waals surface area (Å²) in [6.45, 7) is 1.89. The summed E-state index contributed by atoms with van der Waals surface area (Å²) in [5.41, 5.74) is 3.92. The van der Waals surface area contributed by atoms with Gasteiger partial charge in [-0.3, -0.25) is 9.71 Å².